The number of hydrogen-bond acceptors (Lipinski definition) is 0. The van der Waals surface area contributed by atoms with Gasteiger partial charge in [0.15, 0.2) is 0 Å². The molecule has 4 heteroatoms. The Morgan fingerprint density at radius 1 is 0.200 bits per heavy atom. The van der Waals surface area contributed by atoms with E-state index in [0.29, 0.717) is 0 Å². The first-order valence-corrected chi connectivity index (χ1v) is 24.3. The molecule has 0 spiro atoms. The number of aromatic nitrogens is 4. The Morgan fingerprint density at radius 3 is 0.957 bits per heavy atom. The Kier molecular flexibility index (Phi) is 6.92. The van der Waals surface area contributed by atoms with Crippen LogP contribution in [-0.4, -0.2) is 17.9 Å². The van der Waals surface area contributed by atoms with Gasteiger partial charge >= 0.3 is 0 Å². The maximum Gasteiger partial charge on any atom is 0.0634 e. The third-order valence-electron chi connectivity index (χ3n) is 15.8. The lowest BCUT2D eigenvalue weighted by molar-refractivity contribution is 1.18. The molecule has 4 nitrogen and oxygen atoms in total. The van der Waals surface area contributed by atoms with Gasteiger partial charge in [-0.2, -0.15) is 0 Å². The molecule has 17 rings (SSSR count). The third-order valence-corrected chi connectivity index (χ3v) is 15.8. The van der Waals surface area contributed by atoms with Crippen LogP contribution in [0.25, 0.3) is 153 Å². The highest BCUT2D eigenvalue weighted by Gasteiger charge is 2.29. The first kappa shape index (κ1) is 36.7. The molecule has 0 amide bonds. The van der Waals surface area contributed by atoms with Gasteiger partial charge in [0.1, 0.15) is 0 Å². The van der Waals surface area contributed by atoms with Gasteiger partial charge in [-0.1, -0.05) is 146 Å². The second-order valence-electron chi connectivity index (χ2n) is 19.2. The third kappa shape index (κ3) is 4.56. The van der Waals surface area contributed by atoms with Crippen molar-refractivity contribution in [2.24, 2.45) is 0 Å². The summed E-state index contributed by atoms with van der Waals surface area (Å²) in [4.78, 5) is 0. The molecular formula is C66H38N4. The average molecular weight is 887 g/mol. The first-order valence-electron chi connectivity index (χ1n) is 24.3. The van der Waals surface area contributed by atoms with Crippen molar-refractivity contribution in [2.45, 2.75) is 0 Å². The van der Waals surface area contributed by atoms with Gasteiger partial charge in [-0.05, 0) is 107 Å². The Labute approximate surface area is 400 Å². The Bertz CT molecular complexity index is 4720. The van der Waals surface area contributed by atoms with Crippen molar-refractivity contribution in [2.75, 3.05) is 0 Å². The lowest BCUT2D eigenvalue weighted by Crippen LogP contribution is -1.93. The lowest BCUT2D eigenvalue weighted by Gasteiger charge is -2.09. The van der Waals surface area contributed by atoms with Gasteiger partial charge in [0.25, 0.3) is 0 Å². The van der Waals surface area contributed by atoms with E-state index in [-0.39, 0.29) is 0 Å². The van der Waals surface area contributed by atoms with Gasteiger partial charge in [-0.25, -0.2) is 0 Å². The zero-order chi connectivity index (χ0) is 45.3. The smallest absolute Gasteiger partial charge is 0.0634 e. The highest BCUT2D eigenvalue weighted by molar-refractivity contribution is 6.45. The fourth-order valence-electron chi connectivity index (χ4n) is 13.0. The van der Waals surface area contributed by atoms with Gasteiger partial charge in [-0.15, -0.1) is 0 Å². The van der Waals surface area contributed by atoms with E-state index in [0.717, 1.165) is 0 Å². The van der Waals surface area contributed by atoms with E-state index in [1.54, 1.807) is 0 Å². The van der Waals surface area contributed by atoms with Crippen LogP contribution in [0.15, 0.2) is 231 Å². The molecule has 0 bridgehead atoms. The van der Waals surface area contributed by atoms with Crippen LogP contribution in [0, 0.1) is 0 Å². The van der Waals surface area contributed by atoms with Crippen molar-refractivity contribution in [3.63, 3.8) is 0 Å². The highest BCUT2D eigenvalue weighted by Crippen LogP contribution is 2.52. The van der Waals surface area contributed by atoms with Gasteiger partial charge < -0.3 is 17.9 Å². The summed E-state index contributed by atoms with van der Waals surface area (Å²) in [5, 5.41) is 15.5. The van der Waals surface area contributed by atoms with Gasteiger partial charge in [0, 0.05) is 76.0 Å². The summed E-state index contributed by atoms with van der Waals surface area (Å²) < 4.78 is 9.97. The standard InChI is InChI=1S/C66H38N4/c1-3-15-43(16-4-1)67-53-23-11-7-19-45(53)47-31-27-41(37-59(47)67)39-29-33-57-51(35-39)63-61-49-21-9-14-26-56(49)70-58-34-30-40(36-52(58)64(66(61)70)62-50-22-10-13-25-55(50)69(57)65(62)63)42-28-32-48-46-20-8-12-24-54(46)68(60(48)38-42)44-17-5-2-6-18-44/h1-38H. The molecular weight excluding hydrogens is 849 g/mol. The maximum atomic E-state index is 2.57. The normalized spacial score (nSPS) is 12.6. The summed E-state index contributed by atoms with van der Waals surface area (Å²) in [5.74, 6) is 0. The molecule has 0 atom stereocenters. The topological polar surface area (TPSA) is 18.7 Å². The van der Waals surface area contributed by atoms with Crippen molar-refractivity contribution in [1.82, 2.24) is 17.9 Å². The number of benzene rings is 11. The van der Waals surface area contributed by atoms with E-state index in [1.807, 2.05) is 0 Å². The van der Waals surface area contributed by atoms with Crippen LogP contribution >= 0.6 is 0 Å². The summed E-state index contributed by atoms with van der Waals surface area (Å²) in [6.45, 7) is 0. The molecule has 70 heavy (non-hydrogen) atoms. The predicted octanol–water partition coefficient (Wildman–Crippen LogP) is 17.5. The number of hydrogen-bond donors (Lipinski definition) is 0. The van der Waals surface area contributed by atoms with Gasteiger partial charge in [0.2, 0.25) is 0 Å². The minimum Gasteiger partial charge on any atom is -0.309 e. The van der Waals surface area contributed by atoms with Crippen LogP contribution in [0.2, 0.25) is 0 Å². The van der Waals surface area contributed by atoms with E-state index in [4.69, 9.17) is 0 Å². The largest absolute Gasteiger partial charge is 0.309 e. The van der Waals surface area contributed by atoms with Crippen LogP contribution in [0.3, 0.4) is 0 Å². The summed E-state index contributed by atoms with van der Waals surface area (Å²) in [5.41, 5.74) is 19.5. The Hall–Kier alpha value is -9.38. The molecule has 0 radical (unpaired) electrons. The van der Waals surface area contributed by atoms with E-state index in [9.17, 15) is 0 Å². The number of rotatable bonds is 4. The molecule has 322 valence electrons. The molecule has 6 aromatic heterocycles. The molecule has 0 saturated carbocycles. The van der Waals surface area contributed by atoms with Gasteiger partial charge in [-0.3, -0.25) is 0 Å². The molecule has 17 aromatic rings. The lowest BCUT2D eigenvalue weighted by atomic mass is 9.95. The summed E-state index contributed by atoms with van der Waals surface area (Å²) in [6.07, 6.45) is 0. The van der Waals surface area contributed by atoms with E-state index >= 15 is 0 Å². The molecule has 0 unspecified atom stereocenters. The average Bonchev–Trinajstić information content (AvgIpc) is 4.27. The molecule has 0 aliphatic heterocycles. The summed E-state index contributed by atoms with van der Waals surface area (Å²) >= 11 is 0. The van der Waals surface area contributed by atoms with Crippen LogP contribution < -0.4 is 0 Å². The number of fused-ring (bicyclic) bond motifs is 20. The predicted molar refractivity (Wildman–Crippen MR) is 295 cm³/mol. The van der Waals surface area contributed by atoms with E-state index < -0.39 is 0 Å². The summed E-state index contributed by atoms with van der Waals surface area (Å²) in [6, 6.07) is 85.7. The van der Waals surface area contributed by atoms with Crippen LogP contribution in [0.5, 0.6) is 0 Å². The molecule has 0 fully saturated rings. The van der Waals surface area contributed by atoms with Crippen molar-refractivity contribution in [3.05, 3.63) is 231 Å². The highest BCUT2D eigenvalue weighted by atomic mass is 15.0. The zero-order valence-electron chi connectivity index (χ0n) is 37.7. The van der Waals surface area contributed by atoms with Crippen LogP contribution in [0.1, 0.15) is 0 Å². The molecule has 0 saturated heterocycles. The van der Waals surface area contributed by atoms with E-state index in [1.165, 1.54) is 153 Å². The zero-order valence-corrected chi connectivity index (χ0v) is 37.7. The first-order chi connectivity index (χ1) is 34.8. The Balaban J connectivity index is 0.956. The molecule has 0 aliphatic carbocycles. The summed E-state index contributed by atoms with van der Waals surface area (Å²) in [7, 11) is 0. The molecule has 0 aliphatic rings. The van der Waals surface area contributed by atoms with Crippen molar-refractivity contribution >= 4 is 120 Å². The van der Waals surface area contributed by atoms with Gasteiger partial charge in [0.05, 0.1) is 55.2 Å². The van der Waals surface area contributed by atoms with Crippen molar-refractivity contribution in [3.8, 4) is 33.6 Å². The second-order valence-corrected chi connectivity index (χ2v) is 19.2. The van der Waals surface area contributed by atoms with Crippen molar-refractivity contribution in [1.29, 1.82) is 0 Å². The monoisotopic (exact) mass is 886 g/mol. The maximum absolute atomic E-state index is 2.57. The van der Waals surface area contributed by atoms with Crippen molar-refractivity contribution < 1.29 is 0 Å². The fourth-order valence-corrected chi connectivity index (χ4v) is 13.0. The minimum absolute atomic E-state index is 1.17. The SMILES string of the molecule is c1ccc(-n2c3ccccc3c3ccc(-c4ccc5c(c4)c4c6c7ccccc7n7c8ccc(-c9ccc%10c%11ccccc%11n(-c%11ccccc%11)c%10c9)cc8c(c8c9ccccc9n5c84)c67)cc32)cc1. The molecule has 6 heterocycles. The quantitative estimate of drug-likeness (QED) is 0.168. The van der Waals surface area contributed by atoms with Crippen LogP contribution in [-0.2, 0) is 0 Å². The number of para-hydroxylation sites is 6. The molecule has 0 N–H and O–H groups in total. The van der Waals surface area contributed by atoms with E-state index in [2.05, 4.69) is 248 Å². The fraction of sp³-hybridized carbons (Fsp3) is 0. The van der Waals surface area contributed by atoms with Crippen LogP contribution in [0.4, 0.5) is 0 Å². The minimum atomic E-state index is 1.17. The second kappa shape index (κ2) is 13.2. The molecule has 11 aromatic carbocycles. The number of nitrogens with zero attached hydrogens (tertiary/aromatic N) is 4. The Morgan fingerprint density at radius 2 is 0.514 bits per heavy atom.